The van der Waals surface area contributed by atoms with E-state index in [1.54, 1.807) is 6.20 Å². The number of aliphatic hydroxyl groups is 1. The Kier molecular flexibility index (Phi) is 17.0. The summed E-state index contributed by atoms with van der Waals surface area (Å²) in [6, 6.07) is 8.29. The Morgan fingerprint density at radius 1 is 1.04 bits per heavy atom. The molecule has 3 N–H and O–H groups in total. The number of anilines is 2. The summed E-state index contributed by atoms with van der Waals surface area (Å²) in [6.07, 6.45) is 4.13. The van der Waals surface area contributed by atoms with Crippen molar-refractivity contribution in [3.8, 4) is 12.3 Å². The van der Waals surface area contributed by atoms with Gasteiger partial charge in [0.15, 0.2) is 11.9 Å². The Labute approximate surface area is 325 Å². The summed E-state index contributed by atoms with van der Waals surface area (Å²) in [5, 5.41) is 15.9. The quantitative estimate of drug-likeness (QED) is 0.0544. The summed E-state index contributed by atoms with van der Waals surface area (Å²) in [6.45, 7) is 7.37. The number of para-hydroxylation sites is 1. The number of aromatic nitrogens is 4. The first-order valence-corrected chi connectivity index (χ1v) is 21.4. The van der Waals surface area contributed by atoms with Gasteiger partial charge in [-0.25, -0.2) is 4.68 Å². The third-order valence-electron chi connectivity index (χ3n) is 8.87. The van der Waals surface area contributed by atoms with E-state index in [4.69, 9.17) is 56.0 Å². The Morgan fingerprint density at radius 3 is 2.40 bits per heavy atom. The predicted molar refractivity (Wildman–Crippen MR) is 205 cm³/mol. The van der Waals surface area contributed by atoms with E-state index in [1.165, 1.54) is 4.68 Å². The molecule has 2 aromatic heterocycles. The molecule has 3 aromatic rings. The first kappa shape index (κ1) is 43.3. The molecule has 2 aliphatic rings. The highest BCUT2D eigenvalue weighted by molar-refractivity contribution is 7.64. The predicted octanol–water partition coefficient (Wildman–Crippen LogP) is 2.48. The van der Waals surface area contributed by atoms with E-state index in [1.807, 2.05) is 12.1 Å². The molecule has 21 heteroatoms. The minimum absolute atomic E-state index is 0.0198. The van der Waals surface area contributed by atoms with Gasteiger partial charge < -0.3 is 53.3 Å². The summed E-state index contributed by atoms with van der Waals surface area (Å²) in [5.74, 6) is 2.01. The molecule has 2 saturated heterocycles. The molecule has 0 radical (unpaired) electrons. The second-order valence-electron chi connectivity index (χ2n) is 12.9. The lowest BCUT2D eigenvalue weighted by Gasteiger charge is -2.36. The molecule has 0 amide bonds. The number of halogens is 1. The molecule has 0 spiro atoms. The Morgan fingerprint density at radius 2 is 1.71 bits per heavy atom. The number of piperazine rings is 1. The van der Waals surface area contributed by atoms with Crippen LogP contribution in [0.5, 0.6) is 0 Å². The second kappa shape index (κ2) is 21.6. The number of nitrogens with zero attached hydrogens (tertiary/aromatic N) is 7. The van der Waals surface area contributed by atoms with Crippen molar-refractivity contribution in [1.29, 1.82) is 0 Å². The average Bonchev–Trinajstić information content (AvgIpc) is 3.74. The molecule has 4 unspecified atom stereocenters. The number of hydrogen-bond donors (Lipinski definition) is 3. The molecule has 0 aliphatic carbocycles. The fourth-order valence-corrected chi connectivity index (χ4v) is 8.13. The molecular formula is C34H49ClN7O11P2+. The SMILES string of the molecule is C#CCOCCOCCOCCOCCN(Cc1ccccc1N1CCN(C)CC1)c1nc(Cl)nc2c1cnn2C1CC(O)C(CO[P+](=O)CP(=O)(O)O)O1. The van der Waals surface area contributed by atoms with Crippen LogP contribution >= 0.6 is 27.2 Å². The van der Waals surface area contributed by atoms with E-state index in [2.05, 4.69) is 54.9 Å². The van der Waals surface area contributed by atoms with Crippen molar-refractivity contribution in [2.75, 3.05) is 115 Å². The highest BCUT2D eigenvalue weighted by Gasteiger charge is 2.40. The summed E-state index contributed by atoms with van der Waals surface area (Å²) in [7, 11) is -5.07. The molecule has 18 nitrogen and oxygen atoms in total. The molecule has 302 valence electrons. The molecule has 1 aromatic carbocycles. The van der Waals surface area contributed by atoms with E-state index in [0.29, 0.717) is 76.2 Å². The van der Waals surface area contributed by atoms with Crippen LogP contribution in [0.25, 0.3) is 11.0 Å². The largest absolute Gasteiger partial charge is 0.521 e. The van der Waals surface area contributed by atoms with Crippen molar-refractivity contribution in [3.05, 3.63) is 41.3 Å². The number of benzene rings is 1. The molecule has 5 rings (SSSR count). The Bertz CT molecular complexity index is 1770. The van der Waals surface area contributed by atoms with Gasteiger partial charge in [-0.3, -0.25) is 4.57 Å². The molecule has 4 atom stereocenters. The number of ether oxygens (including phenoxy) is 5. The standard InChI is InChI=1S/C34H48ClN7O11P2/c1-3-13-48-15-17-50-19-20-51-18-16-49-14-12-41(23-26-6-4-5-7-28(26)40-10-8-39(2)9-11-40)32-27-22-36-42(33(27)38-34(35)37-32)31-21-29(43)30(53-31)24-52-54(44)25-55(45,46)47/h1,4-7,22,29-31,43H,8-21,23-25H2,2H3,(H-,45,46,47)/p+1. The summed E-state index contributed by atoms with van der Waals surface area (Å²) < 4.78 is 58.1. The molecule has 0 saturated carbocycles. The van der Waals surface area contributed by atoms with Crippen LogP contribution < -0.4 is 9.80 Å². The third kappa shape index (κ3) is 13.4. The molecule has 2 aliphatic heterocycles. The second-order valence-corrected chi connectivity index (χ2v) is 16.7. The monoisotopic (exact) mass is 828 g/mol. The number of hydrogen-bond acceptors (Lipinski definition) is 15. The van der Waals surface area contributed by atoms with E-state index in [0.717, 1.165) is 37.4 Å². The maximum atomic E-state index is 12.0. The highest BCUT2D eigenvalue weighted by Crippen LogP contribution is 2.46. The van der Waals surface area contributed by atoms with Gasteiger partial charge in [0, 0.05) is 51.4 Å². The number of terminal acetylenes is 1. The molecule has 2 fully saturated rings. The topological polar surface area (TPSA) is 204 Å². The van der Waals surface area contributed by atoms with Crippen LogP contribution in [0.1, 0.15) is 18.2 Å². The third-order valence-corrected chi connectivity index (χ3v) is 11.9. The lowest BCUT2D eigenvalue weighted by atomic mass is 10.1. The number of fused-ring (bicyclic) bond motifs is 1. The zero-order valence-electron chi connectivity index (χ0n) is 30.7. The van der Waals surface area contributed by atoms with Crippen LogP contribution in [0.4, 0.5) is 11.5 Å². The number of rotatable bonds is 23. The highest BCUT2D eigenvalue weighted by atomic mass is 35.5. The maximum Gasteiger partial charge on any atom is 0.521 e. The van der Waals surface area contributed by atoms with Gasteiger partial charge in [0.05, 0.1) is 63.9 Å². The van der Waals surface area contributed by atoms with E-state index in [9.17, 15) is 14.2 Å². The summed E-state index contributed by atoms with van der Waals surface area (Å²) in [5.41, 5.74) is 2.60. The van der Waals surface area contributed by atoms with Gasteiger partial charge in [0.1, 0.15) is 25.1 Å². The first-order chi connectivity index (χ1) is 26.5. The minimum atomic E-state index is -4.54. The molecule has 0 bridgehead atoms. The van der Waals surface area contributed by atoms with Crippen molar-refractivity contribution in [2.24, 2.45) is 0 Å². The van der Waals surface area contributed by atoms with Gasteiger partial charge in [-0.2, -0.15) is 15.1 Å². The van der Waals surface area contributed by atoms with Gasteiger partial charge in [-0.05, 0) is 34.8 Å². The smallest absolute Gasteiger partial charge is 0.390 e. The van der Waals surface area contributed by atoms with Crippen LogP contribution in [-0.4, -0.2) is 157 Å². The Hall–Kier alpha value is -2.85. The van der Waals surface area contributed by atoms with Crippen LogP contribution in [0.3, 0.4) is 0 Å². The normalized spacial score (nSPS) is 19.6. The van der Waals surface area contributed by atoms with Crippen molar-refractivity contribution in [3.63, 3.8) is 0 Å². The summed E-state index contributed by atoms with van der Waals surface area (Å²) in [4.78, 5) is 34.1. The van der Waals surface area contributed by atoms with E-state index in [-0.39, 0.29) is 24.9 Å². The number of likely N-dealkylation sites (N-methyl/N-ethyl adjacent to an activating group) is 1. The van der Waals surface area contributed by atoms with Crippen molar-refractivity contribution >= 4 is 49.8 Å². The van der Waals surface area contributed by atoms with Crippen molar-refractivity contribution in [1.82, 2.24) is 24.6 Å². The Balaban J connectivity index is 1.28. The summed E-state index contributed by atoms with van der Waals surface area (Å²) >= 11 is 6.57. The lowest BCUT2D eigenvalue weighted by Crippen LogP contribution is -2.45. The van der Waals surface area contributed by atoms with Crippen LogP contribution in [-0.2, 0) is 43.9 Å². The first-order valence-electron chi connectivity index (χ1n) is 17.9. The fourth-order valence-electron chi connectivity index (χ4n) is 6.13. The fraction of sp³-hybridized carbons (Fsp3) is 0.618. The van der Waals surface area contributed by atoms with Gasteiger partial charge in [-0.15, -0.1) is 10.9 Å². The van der Waals surface area contributed by atoms with Gasteiger partial charge in [0.25, 0.3) is 5.90 Å². The zero-order chi connectivity index (χ0) is 39.2. The molecular weight excluding hydrogens is 780 g/mol. The van der Waals surface area contributed by atoms with E-state index < -0.39 is 40.0 Å². The van der Waals surface area contributed by atoms with Crippen LogP contribution in [0, 0.1) is 12.3 Å². The van der Waals surface area contributed by atoms with Crippen molar-refractivity contribution in [2.45, 2.75) is 31.4 Å². The van der Waals surface area contributed by atoms with Crippen molar-refractivity contribution < 1.29 is 52.2 Å². The van der Waals surface area contributed by atoms with Crippen LogP contribution in [0.2, 0.25) is 5.28 Å². The van der Waals surface area contributed by atoms with Gasteiger partial charge in [-0.1, -0.05) is 24.1 Å². The van der Waals surface area contributed by atoms with E-state index >= 15 is 0 Å². The lowest BCUT2D eigenvalue weighted by molar-refractivity contribution is -0.0409. The number of aliphatic hydroxyl groups excluding tert-OH is 1. The average molecular weight is 829 g/mol. The van der Waals surface area contributed by atoms with Crippen LogP contribution in [0.15, 0.2) is 30.5 Å². The minimum Gasteiger partial charge on any atom is -0.390 e. The zero-order valence-corrected chi connectivity index (χ0v) is 33.3. The van der Waals surface area contributed by atoms with Gasteiger partial charge in [0.2, 0.25) is 5.28 Å². The van der Waals surface area contributed by atoms with Gasteiger partial charge >= 0.3 is 15.6 Å². The maximum absolute atomic E-state index is 12.0. The molecule has 4 heterocycles. The molecule has 55 heavy (non-hydrogen) atoms.